The maximum absolute atomic E-state index is 3.66. The van der Waals surface area contributed by atoms with Gasteiger partial charge < -0.3 is 5.32 Å². The third kappa shape index (κ3) is 4.69. The first-order valence-corrected chi connectivity index (χ1v) is 10.4. The lowest BCUT2D eigenvalue weighted by molar-refractivity contribution is 0.312. The molecular weight excluding hydrogens is 198 g/mol. The molecule has 0 amide bonds. The van der Waals surface area contributed by atoms with E-state index < -0.39 is 8.07 Å². The van der Waals surface area contributed by atoms with Gasteiger partial charge in [-0.15, -0.1) is 0 Å². The van der Waals surface area contributed by atoms with Crippen LogP contribution in [0.5, 0.6) is 0 Å². The molecule has 1 saturated carbocycles. The summed E-state index contributed by atoms with van der Waals surface area (Å²) in [6, 6.07) is 1.52. The quantitative estimate of drug-likeness (QED) is 0.536. The van der Waals surface area contributed by atoms with Crippen LogP contribution in [0, 0.1) is 5.41 Å². The van der Waals surface area contributed by atoms with Gasteiger partial charge in [0.25, 0.3) is 0 Å². The highest BCUT2D eigenvalue weighted by molar-refractivity contribution is 6.76. The van der Waals surface area contributed by atoms with Crippen LogP contribution in [-0.4, -0.2) is 21.2 Å². The number of hydrogen-bond donors (Lipinski definition) is 1. The van der Waals surface area contributed by atoms with Crippen molar-refractivity contribution in [3.05, 3.63) is 0 Å². The fraction of sp³-hybridized carbons (Fsp3) is 1.00. The Kier molecular flexibility index (Phi) is 4.85. The molecule has 0 unspecified atom stereocenters. The van der Waals surface area contributed by atoms with Crippen molar-refractivity contribution in [1.82, 2.24) is 5.32 Å². The van der Waals surface area contributed by atoms with E-state index in [0.29, 0.717) is 5.41 Å². The zero-order valence-corrected chi connectivity index (χ0v) is 12.2. The molecule has 15 heavy (non-hydrogen) atoms. The molecule has 1 aliphatic rings. The van der Waals surface area contributed by atoms with Crippen LogP contribution >= 0.6 is 0 Å². The fourth-order valence-electron chi connectivity index (χ4n) is 3.20. The largest absolute Gasteiger partial charge is 0.316 e. The van der Waals surface area contributed by atoms with Gasteiger partial charge in [-0.1, -0.05) is 45.5 Å². The smallest absolute Gasteiger partial charge is 0.0448 e. The van der Waals surface area contributed by atoms with Crippen molar-refractivity contribution in [2.45, 2.75) is 64.7 Å². The summed E-state index contributed by atoms with van der Waals surface area (Å²) in [5.41, 5.74) is 0.680. The molecule has 1 fully saturated rings. The maximum atomic E-state index is 3.66. The highest BCUT2D eigenvalue weighted by atomic mass is 28.3. The normalized spacial score (nSPS) is 20.8. The summed E-state index contributed by atoms with van der Waals surface area (Å²) in [6.45, 7) is 12.3. The Bertz CT molecular complexity index is 177. The lowest BCUT2D eigenvalue weighted by Gasteiger charge is -2.35. The summed E-state index contributed by atoms with van der Waals surface area (Å²) in [5.74, 6) is 0. The van der Waals surface area contributed by atoms with Crippen LogP contribution in [0.15, 0.2) is 0 Å². The predicted molar refractivity (Wildman–Crippen MR) is 72.2 cm³/mol. The van der Waals surface area contributed by atoms with Crippen molar-refractivity contribution < 1.29 is 0 Å². The lowest BCUT2D eigenvalue weighted by Crippen LogP contribution is -2.38. The predicted octanol–water partition coefficient (Wildman–Crippen LogP) is 3.88. The van der Waals surface area contributed by atoms with Gasteiger partial charge in [-0.2, -0.15) is 0 Å². The van der Waals surface area contributed by atoms with E-state index in [-0.39, 0.29) is 0 Å². The molecule has 2 heteroatoms. The molecule has 0 atom stereocenters. The SMILES string of the molecule is CCCNCC1(C[Si](C)(C)C)CCCC1. The van der Waals surface area contributed by atoms with Crippen molar-refractivity contribution in [3.63, 3.8) is 0 Å². The summed E-state index contributed by atoms with van der Waals surface area (Å²) in [5, 5.41) is 3.66. The lowest BCUT2D eigenvalue weighted by atomic mass is 9.88. The van der Waals surface area contributed by atoms with Gasteiger partial charge >= 0.3 is 0 Å². The average molecular weight is 227 g/mol. The molecule has 0 spiro atoms. The minimum absolute atomic E-state index is 0.680. The van der Waals surface area contributed by atoms with E-state index in [4.69, 9.17) is 0 Å². The van der Waals surface area contributed by atoms with Crippen LogP contribution < -0.4 is 5.32 Å². The van der Waals surface area contributed by atoms with Crippen LogP contribution in [0.25, 0.3) is 0 Å². The molecule has 0 aromatic rings. The van der Waals surface area contributed by atoms with Crippen LogP contribution in [0.4, 0.5) is 0 Å². The van der Waals surface area contributed by atoms with E-state index >= 15 is 0 Å². The first kappa shape index (κ1) is 13.2. The molecule has 90 valence electrons. The van der Waals surface area contributed by atoms with E-state index in [0.717, 1.165) is 0 Å². The molecule has 1 aliphatic carbocycles. The molecule has 0 radical (unpaired) electrons. The van der Waals surface area contributed by atoms with Crippen molar-refractivity contribution in [1.29, 1.82) is 0 Å². The highest BCUT2D eigenvalue weighted by Gasteiger charge is 2.37. The maximum Gasteiger partial charge on any atom is 0.0448 e. The fourth-order valence-corrected chi connectivity index (χ4v) is 5.92. The van der Waals surface area contributed by atoms with Gasteiger partial charge in [-0.05, 0) is 31.2 Å². The van der Waals surface area contributed by atoms with Gasteiger partial charge in [0, 0.05) is 14.6 Å². The minimum atomic E-state index is -0.895. The molecule has 0 aromatic carbocycles. The van der Waals surface area contributed by atoms with Gasteiger partial charge in [-0.3, -0.25) is 0 Å². The van der Waals surface area contributed by atoms with E-state index in [1.54, 1.807) is 0 Å². The summed E-state index contributed by atoms with van der Waals surface area (Å²) in [6.07, 6.45) is 7.17. The summed E-state index contributed by atoms with van der Waals surface area (Å²) in [7, 11) is -0.895. The van der Waals surface area contributed by atoms with Gasteiger partial charge in [0.2, 0.25) is 0 Å². The van der Waals surface area contributed by atoms with Crippen LogP contribution in [0.3, 0.4) is 0 Å². The Balaban J connectivity index is 2.46. The van der Waals surface area contributed by atoms with Gasteiger partial charge in [0.05, 0.1) is 0 Å². The molecule has 1 nitrogen and oxygen atoms in total. The molecule has 0 heterocycles. The third-order valence-electron chi connectivity index (χ3n) is 3.50. The molecule has 0 bridgehead atoms. The van der Waals surface area contributed by atoms with Gasteiger partial charge in [0.1, 0.15) is 0 Å². The van der Waals surface area contributed by atoms with Crippen molar-refractivity contribution >= 4 is 8.07 Å². The molecule has 1 N–H and O–H groups in total. The first-order chi connectivity index (χ1) is 6.97. The second kappa shape index (κ2) is 5.49. The van der Waals surface area contributed by atoms with E-state index in [2.05, 4.69) is 31.9 Å². The Morgan fingerprint density at radius 1 is 1.13 bits per heavy atom. The number of nitrogens with one attached hydrogen (secondary N) is 1. The molecule has 0 saturated heterocycles. The van der Waals surface area contributed by atoms with E-state index in [1.165, 1.54) is 51.2 Å². The minimum Gasteiger partial charge on any atom is -0.316 e. The molecular formula is C13H29NSi. The zero-order valence-electron chi connectivity index (χ0n) is 11.2. The van der Waals surface area contributed by atoms with Crippen molar-refractivity contribution in [3.8, 4) is 0 Å². The Morgan fingerprint density at radius 2 is 1.73 bits per heavy atom. The topological polar surface area (TPSA) is 12.0 Å². The van der Waals surface area contributed by atoms with Gasteiger partial charge in [-0.25, -0.2) is 0 Å². The third-order valence-corrected chi connectivity index (χ3v) is 5.31. The van der Waals surface area contributed by atoms with E-state index in [9.17, 15) is 0 Å². The van der Waals surface area contributed by atoms with Crippen LogP contribution in [-0.2, 0) is 0 Å². The Morgan fingerprint density at radius 3 is 2.20 bits per heavy atom. The zero-order chi connectivity index (χ0) is 11.4. The molecule has 0 aliphatic heterocycles. The van der Waals surface area contributed by atoms with Crippen molar-refractivity contribution in [2.75, 3.05) is 13.1 Å². The van der Waals surface area contributed by atoms with Crippen molar-refractivity contribution in [2.24, 2.45) is 5.41 Å². The second-order valence-electron chi connectivity index (χ2n) is 6.62. The summed E-state index contributed by atoms with van der Waals surface area (Å²) in [4.78, 5) is 0. The Hall–Kier alpha value is 0.177. The monoisotopic (exact) mass is 227 g/mol. The number of hydrogen-bond acceptors (Lipinski definition) is 1. The molecule has 0 aromatic heterocycles. The van der Waals surface area contributed by atoms with Crippen LogP contribution in [0.2, 0.25) is 25.7 Å². The standard InChI is InChI=1S/C13H29NSi/c1-5-10-14-11-13(8-6-7-9-13)12-15(2,3)4/h14H,5-12H2,1-4H3. The summed E-state index contributed by atoms with van der Waals surface area (Å²) < 4.78 is 0. The highest BCUT2D eigenvalue weighted by Crippen LogP contribution is 2.43. The molecule has 1 rings (SSSR count). The number of rotatable bonds is 6. The average Bonchev–Trinajstić information content (AvgIpc) is 2.51. The Labute approximate surface area is 97.0 Å². The van der Waals surface area contributed by atoms with Gasteiger partial charge in [0.15, 0.2) is 0 Å². The first-order valence-electron chi connectivity index (χ1n) is 6.68. The van der Waals surface area contributed by atoms with Crippen LogP contribution in [0.1, 0.15) is 39.0 Å². The summed E-state index contributed by atoms with van der Waals surface area (Å²) >= 11 is 0. The van der Waals surface area contributed by atoms with E-state index in [1.807, 2.05) is 0 Å². The second-order valence-corrected chi connectivity index (χ2v) is 12.1.